The standard InChI is InChI=1S/C21H16F3N3OS2/c1-12(2)27(16-7-8-17-18(10-16)30-20(29)26-17)19(28)14(11-25)9-13-3-5-15(6-4-13)21(22,23)24/h3-10,12H,1-2H3,(H,26,29)/b14-9+. The molecule has 1 N–H and O–H groups in total. The number of nitriles is 1. The Bertz CT molecular complexity index is 1220. The van der Waals surface area contributed by atoms with Gasteiger partial charge < -0.3 is 9.88 Å². The van der Waals surface area contributed by atoms with Crippen molar-refractivity contribution in [2.75, 3.05) is 4.90 Å². The van der Waals surface area contributed by atoms with Crippen molar-refractivity contribution in [1.29, 1.82) is 5.26 Å². The number of anilines is 1. The number of H-pyrrole nitrogens is 1. The monoisotopic (exact) mass is 447 g/mol. The number of benzene rings is 2. The van der Waals surface area contributed by atoms with Gasteiger partial charge in [-0.2, -0.15) is 18.4 Å². The molecule has 0 aliphatic heterocycles. The SMILES string of the molecule is CC(C)N(C(=O)/C(C#N)=C/c1ccc(C(F)(F)F)cc1)c1ccc2[nH]c(=S)sc2c1. The highest BCUT2D eigenvalue weighted by atomic mass is 32.1. The van der Waals surface area contributed by atoms with Gasteiger partial charge in [0, 0.05) is 11.7 Å². The Morgan fingerprint density at radius 1 is 1.23 bits per heavy atom. The molecule has 9 heteroatoms. The van der Waals surface area contributed by atoms with Gasteiger partial charge >= 0.3 is 6.18 Å². The molecule has 0 unspecified atom stereocenters. The molecule has 0 atom stereocenters. The fraction of sp³-hybridized carbons (Fsp3) is 0.190. The predicted molar refractivity (Wildman–Crippen MR) is 115 cm³/mol. The lowest BCUT2D eigenvalue weighted by atomic mass is 10.1. The average molecular weight is 448 g/mol. The maximum atomic E-state index is 13.1. The van der Waals surface area contributed by atoms with E-state index in [2.05, 4.69) is 4.98 Å². The molecule has 0 saturated carbocycles. The first-order valence-electron chi connectivity index (χ1n) is 8.85. The van der Waals surface area contributed by atoms with Gasteiger partial charge in [0.05, 0.1) is 15.8 Å². The summed E-state index contributed by atoms with van der Waals surface area (Å²) in [5.74, 6) is -0.536. The largest absolute Gasteiger partial charge is 0.416 e. The van der Waals surface area contributed by atoms with E-state index in [1.807, 2.05) is 32.0 Å². The Balaban J connectivity index is 1.97. The number of hydrogen-bond donors (Lipinski definition) is 1. The van der Waals surface area contributed by atoms with Crippen LogP contribution in [0.3, 0.4) is 0 Å². The first-order valence-corrected chi connectivity index (χ1v) is 10.1. The molecule has 0 bridgehead atoms. The number of thiazole rings is 1. The van der Waals surface area contributed by atoms with E-state index in [0.717, 1.165) is 22.3 Å². The summed E-state index contributed by atoms with van der Waals surface area (Å²) in [5.41, 5.74) is 0.809. The van der Waals surface area contributed by atoms with Crippen molar-refractivity contribution in [2.45, 2.75) is 26.1 Å². The van der Waals surface area contributed by atoms with Crippen molar-refractivity contribution in [3.05, 3.63) is 63.1 Å². The molecule has 30 heavy (non-hydrogen) atoms. The first kappa shape index (κ1) is 21.7. The van der Waals surface area contributed by atoms with Crippen LogP contribution in [0.2, 0.25) is 0 Å². The molecule has 3 rings (SSSR count). The maximum absolute atomic E-state index is 13.1. The van der Waals surface area contributed by atoms with E-state index in [4.69, 9.17) is 12.2 Å². The third-order valence-electron chi connectivity index (χ3n) is 4.32. The number of aromatic amines is 1. The molecular formula is C21H16F3N3OS2. The quantitative estimate of drug-likeness (QED) is 0.289. The van der Waals surface area contributed by atoms with Gasteiger partial charge in [-0.1, -0.05) is 12.1 Å². The molecule has 3 aromatic rings. The summed E-state index contributed by atoms with van der Waals surface area (Å²) < 4.78 is 39.7. The number of fused-ring (bicyclic) bond motifs is 1. The number of alkyl halides is 3. The molecule has 0 spiro atoms. The van der Waals surface area contributed by atoms with Crippen LogP contribution in [0.4, 0.5) is 18.9 Å². The highest BCUT2D eigenvalue weighted by Gasteiger charge is 2.30. The summed E-state index contributed by atoms with van der Waals surface area (Å²) >= 11 is 6.53. The Morgan fingerprint density at radius 2 is 1.90 bits per heavy atom. The van der Waals surface area contributed by atoms with Gasteiger partial charge in [0.25, 0.3) is 5.91 Å². The van der Waals surface area contributed by atoms with Crippen LogP contribution in [0.25, 0.3) is 16.3 Å². The molecule has 0 aliphatic carbocycles. The zero-order chi connectivity index (χ0) is 22.1. The lowest BCUT2D eigenvalue weighted by molar-refractivity contribution is -0.137. The molecule has 4 nitrogen and oxygen atoms in total. The van der Waals surface area contributed by atoms with Gasteiger partial charge in [-0.15, -0.1) is 11.3 Å². The van der Waals surface area contributed by atoms with E-state index < -0.39 is 17.6 Å². The van der Waals surface area contributed by atoms with Crippen LogP contribution < -0.4 is 4.90 Å². The van der Waals surface area contributed by atoms with Crippen molar-refractivity contribution in [3.63, 3.8) is 0 Å². The predicted octanol–water partition coefficient (Wildman–Crippen LogP) is 6.33. The number of aromatic nitrogens is 1. The molecule has 0 radical (unpaired) electrons. The molecule has 0 fully saturated rings. The van der Waals surface area contributed by atoms with Crippen molar-refractivity contribution in [2.24, 2.45) is 0 Å². The third-order valence-corrected chi connectivity index (χ3v) is 5.52. The summed E-state index contributed by atoms with van der Waals surface area (Å²) in [6.07, 6.45) is -3.16. The Labute approximate surface area is 179 Å². The number of hydrogen-bond acceptors (Lipinski definition) is 4. The summed E-state index contributed by atoms with van der Waals surface area (Å²) in [6, 6.07) is 11.3. The molecule has 0 aliphatic rings. The minimum absolute atomic E-state index is 0.176. The van der Waals surface area contributed by atoms with E-state index in [1.165, 1.54) is 34.4 Å². The van der Waals surface area contributed by atoms with Gasteiger partial charge in [-0.25, -0.2) is 0 Å². The normalized spacial score (nSPS) is 12.2. The van der Waals surface area contributed by atoms with Crippen LogP contribution >= 0.6 is 23.6 Å². The Hall–Kier alpha value is -2.96. The number of carbonyl (C=O) groups is 1. The number of amides is 1. The Kier molecular flexibility index (Phi) is 6.10. The lowest BCUT2D eigenvalue weighted by Gasteiger charge is -2.26. The second kappa shape index (κ2) is 8.42. The van der Waals surface area contributed by atoms with Crippen LogP contribution in [-0.4, -0.2) is 16.9 Å². The number of nitrogens with one attached hydrogen (secondary N) is 1. The smallest absolute Gasteiger partial charge is 0.337 e. The maximum Gasteiger partial charge on any atom is 0.416 e. The summed E-state index contributed by atoms with van der Waals surface area (Å²) in [5, 5.41) is 9.53. The van der Waals surface area contributed by atoms with E-state index in [0.29, 0.717) is 15.2 Å². The second-order valence-corrected chi connectivity index (χ2v) is 8.47. The number of rotatable bonds is 4. The minimum atomic E-state index is -4.45. The van der Waals surface area contributed by atoms with E-state index >= 15 is 0 Å². The molecule has 1 aromatic heterocycles. The van der Waals surface area contributed by atoms with Crippen LogP contribution in [0.5, 0.6) is 0 Å². The zero-order valence-electron chi connectivity index (χ0n) is 15.9. The van der Waals surface area contributed by atoms with Gasteiger partial charge in [0.15, 0.2) is 3.95 Å². The summed E-state index contributed by atoms with van der Waals surface area (Å²) in [7, 11) is 0. The lowest BCUT2D eigenvalue weighted by Crippen LogP contribution is -2.37. The third kappa shape index (κ3) is 4.61. The van der Waals surface area contributed by atoms with Gasteiger partial charge in [0.1, 0.15) is 11.6 Å². The molecule has 154 valence electrons. The molecule has 1 amide bonds. The summed E-state index contributed by atoms with van der Waals surface area (Å²) in [6.45, 7) is 3.63. The van der Waals surface area contributed by atoms with Gasteiger partial charge in [0.2, 0.25) is 0 Å². The van der Waals surface area contributed by atoms with E-state index in [9.17, 15) is 23.2 Å². The molecule has 0 saturated heterocycles. The topological polar surface area (TPSA) is 59.9 Å². The second-order valence-electron chi connectivity index (χ2n) is 6.75. The van der Waals surface area contributed by atoms with Crippen molar-refractivity contribution in [1.82, 2.24) is 4.98 Å². The van der Waals surface area contributed by atoms with Crippen LogP contribution in [0, 0.1) is 15.3 Å². The fourth-order valence-electron chi connectivity index (χ4n) is 2.94. The summed E-state index contributed by atoms with van der Waals surface area (Å²) in [4.78, 5) is 17.6. The number of carbonyl (C=O) groups excluding carboxylic acids is 1. The molecule has 2 aromatic carbocycles. The van der Waals surface area contributed by atoms with E-state index in [1.54, 1.807) is 6.07 Å². The van der Waals surface area contributed by atoms with E-state index in [-0.39, 0.29) is 11.6 Å². The molecule has 1 heterocycles. The van der Waals surface area contributed by atoms with Crippen molar-refractivity contribution in [3.8, 4) is 6.07 Å². The number of halogens is 3. The highest BCUT2D eigenvalue weighted by molar-refractivity contribution is 7.73. The fourth-order valence-corrected chi connectivity index (χ4v) is 4.09. The van der Waals surface area contributed by atoms with Crippen LogP contribution in [-0.2, 0) is 11.0 Å². The van der Waals surface area contributed by atoms with Gasteiger partial charge in [-0.05, 0) is 68.0 Å². The van der Waals surface area contributed by atoms with Gasteiger partial charge in [-0.3, -0.25) is 4.79 Å². The highest BCUT2D eigenvalue weighted by Crippen LogP contribution is 2.30. The van der Waals surface area contributed by atoms with Crippen molar-refractivity contribution < 1.29 is 18.0 Å². The molecular weight excluding hydrogens is 431 g/mol. The zero-order valence-corrected chi connectivity index (χ0v) is 17.6. The minimum Gasteiger partial charge on any atom is -0.337 e. The average Bonchev–Trinajstić information content (AvgIpc) is 3.04. The Morgan fingerprint density at radius 3 is 2.47 bits per heavy atom. The first-order chi connectivity index (χ1) is 14.1. The van der Waals surface area contributed by atoms with Crippen LogP contribution in [0.15, 0.2) is 48.0 Å². The van der Waals surface area contributed by atoms with Crippen LogP contribution in [0.1, 0.15) is 25.0 Å². The number of nitrogens with zero attached hydrogens (tertiary/aromatic N) is 2. The van der Waals surface area contributed by atoms with Crippen molar-refractivity contribution >= 4 is 51.4 Å².